The summed E-state index contributed by atoms with van der Waals surface area (Å²) in [5.41, 5.74) is 6.82. The molecule has 2 atom stereocenters. The van der Waals surface area contributed by atoms with Crippen molar-refractivity contribution in [2.75, 3.05) is 20.1 Å². The fourth-order valence-corrected chi connectivity index (χ4v) is 2.08. The van der Waals surface area contributed by atoms with Crippen LogP contribution < -0.4 is 5.73 Å². The Morgan fingerprint density at radius 3 is 2.53 bits per heavy atom. The number of nitrogens with two attached hydrogens (primary N) is 1. The first-order chi connectivity index (χ1) is 8.06. The average molecular weight is 255 g/mol. The van der Waals surface area contributed by atoms with E-state index in [1.807, 2.05) is 18.2 Å². The minimum Gasteiger partial charge on any atom is -0.330 e. The van der Waals surface area contributed by atoms with E-state index in [4.69, 9.17) is 17.3 Å². The van der Waals surface area contributed by atoms with E-state index in [1.165, 1.54) is 5.56 Å². The summed E-state index contributed by atoms with van der Waals surface area (Å²) < 4.78 is 0. The molecule has 2 nitrogen and oxygen atoms in total. The summed E-state index contributed by atoms with van der Waals surface area (Å²) in [5, 5.41) is 0.846. The van der Waals surface area contributed by atoms with Gasteiger partial charge in [0.05, 0.1) is 0 Å². The summed E-state index contributed by atoms with van der Waals surface area (Å²) in [5.74, 6) is 0.580. The van der Waals surface area contributed by atoms with E-state index in [-0.39, 0.29) is 0 Å². The van der Waals surface area contributed by atoms with Gasteiger partial charge < -0.3 is 5.73 Å². The summed E-state index contributed by atoms with van der Waals surface area (Å²) in [6.45, 7) is 6.18. The van der Waals surface area contributed by atoms with E-state index >= 15 is 0 Å². The number of halogens is 1. The third-order valence-corrected chi connectivity index (χ3v) is 3.74. The molecule has 0 aliphatic rings. The summed E-state index contributed by atoms with van der Waals surface area (Å²) >= 11 is 6.21. The van der Waals surface area contributed by atoms with Gasteiger partial charge in [-0.1, -0.05) is 36.7 Å². The lowest BCUT2D eigenvalue weighted by Gasteiger charge is -2.26. The fourth-order valence-electron chi connectivity index (χ4n) is 1.79. The number of nitrogens with zero attached hydrogens (tertiary/aromatic N) is 1. The Balaban J connectivity index is 2.58. The minimum absolute atomic E-state index is 0.341. The van der Waals surface area contributed by atoms with E-state index in [1.54, 1.807) is 0 Å². The van der Waals surface area contributed by atoms with Crippen molar-refractivity contribution in [3.05, 3.63) is 34.9 Å². The first kappa shape index (κ1) is 14.5. The third kappa shape index (κ3) is 4.30. The molecule has 1 aromatic carbocycles. The van der Waals surface area contributed by atoms with Gasteiger partial charge in [-0.2, -0.15) is 0 Å². The number of hydrogen-bond donors (Lipinski definition) is 1. The standard InChI is InChI=1S/C14H23ClN2/c1-11(10-16)8-9-17(3)12(2)13-6-4-5-7-14(13)15/h4-7,11-12H,8-10,16H2,1-3H3. The van der Waals surface area contributed by atoms with Crippen LogP contribution in [0, 0.1) is 5.92 Å². The van der Waals surface area contributed by atoms with Crippen LogP contribution in [0.2, 0.25) is 5.02 Å². The van der Waals surface area contributed by atoms with E-state index in [0.717, 1.165) is 24.5 Å². The molecule has 0 heterocycles. The van der Waals surface area contributed by atoms with Crippen molar-refractivity contribution >= 4 is 11.6 Å². The molecule has 0 aliphatic heterocycles. The highest BCUT2D eigenvalue weighted by molar-refractivity contribution is 6.31. The smallest absolute Gasteiger partial charge is 0.0453 e. The van der Waals surface area contributed by atoms with Crippen molar-refractivity contribution in [3.8, 4) is 0 Å². The molecule has 0 amide bonds. The molecule has 2 unspecified atom stereocenters. The van der Waals surface area contributed by atoms with Crippen molar-refractivity contribution < 1.29 is 0 Å². The first-order valence-corrected chi connectivity index (χ1v) is 6.58. The molecule has 3 heteroatoms. The van der Waals surface area contributed by atoms with Crippen LogP contribution in [0.25, 0.3) is 0 Å². The van der Waals surface area contributed by atoms with Gasteiger partial charge in [-0.05, 0) is 51.0 Å². The van der Waals surface area contributed by atoms with E-state index in [0.29, 0.717) is 12.0 Å². The Hall–Kier alpha value is -0.570. The zero-order chi connectivity index (χ0) is 12.8. The highest BCUT2D eigenvalue weighted by Crippen LogP contribution is 2.26. The lowest BCUT2D eigenvalue weighted by molar-refractivity contribution is 0.244. The molecule has 96 valence electrons. The zero-order valence-electron chi connectivity index (χ0n) is 11.0. The van der Waals surface area contributed by atoms with Crippen LogP contribution in [0.1, 0.15) is 31.9 Å². The third-order valence-electron chi connectivity index (χ3n) is 3.39. The van der Waals surface area contributed by atoms with Crippen LogP contribution in [-0.4, -0.2) is 25.0 Å². The van der Waals surface area contributed by atoms with Gasteiger partial charge in [0.15, 0.2) is 0 Å². The number of benzene rings is 1. The van der Waals surface area contributed by atoms with Crippen LogP contribution in [0.3, 0.4) is 0 Å². The zero-order valence-corrected chi connectivity index (χ0v) is 11.7. The van der Waals surface area contributed by atoms with Gasteiger partial charge in [-0.25, -0.2) is 0 Å². The lowest BCUT2D eigenvalue weighted by atomic mass is 10.0. The maximum atomic E-state index is 6.21. The molecule has 2 N–H and O–H groups in total. The molecule has 17 heavy (non-hydrogen) atoms. The Kier molecular flexibility index (Phi) is 5.96. The number of rotatable bonds is 6. The Bertz CT molecular complexity index is 341. The normalized spacial score (nSPS) is 14.9. The van der Waals surface area contributed by atoms with Crippen LogP contribution in [0.5, 0.6) is 0 Å². The minimum atomic E-state index is 0.341. The van der Waals surface area contributed by atoms with Crippen molar-refractivity contribution in [1.29, 1.82) is 0 Å². The molecule has 0 spiro atoms. The Morgan fingerprint density at radius 2 is 1.94 bits per heavy atom. The molecule has 0 aliphatic carbocycles. The molecule has 0 radical (unpaired) electrons. The quantitative estimate of drug-likeness (QED) is 0.844. The van der Waals surface area contributed by atoms with Crippen molar-refractivity contribution in [2.24, 2.45) is 11.7 Å². The second-order valence-corrected chi connectivity index (χ2v) is 5.21. The molecule has 0 saturated carbocycles. The molecule has 0 fully saturated rings. The SMILES string of the molecule is CC(CN)CCN(C)C(C)c1ccccc1Cl. The summed E-state index contributed by atoms with van der Waals surface area (Å²) in [7, 11) is 2.14. The van der Waals surface area contributed by atoms with Crippen molar-refractivity contribution in [3.63, 3.8) is 0 Å². The molecule has 0 saturated heterocycles. The van der Waals surface area contributed by atoms with Gasteiger partial charge in [0, 0.05) is 11.1 Å². The van der Waals surface area contributed by atoms with Crippen LogP contribution in [-0.2, 0) is 0 Å². The Labute approximate surface area is 110 Å². The first-order valence-electron chi connectivity index (χ1n) is 6.21. The maximum absolute atomic E-state index is 6.21. The van der Waals surface area contributed by atoms with Crippen LogP contribution >= 0.6 is 11.6 Å². The van der Waals surface area contributed by atoms with Crippen molar-refractivity contribution in [1.82, 2.24) is 4.90 Å². The van der Waals surface area contributed by atoms with Crippen molar-refractivity contribution in [2.45, 2.75) is 26.3 Å². The van der Waals surface area contributed by atoms with Crippen LogP contribution in [0.4, 0.5) is 0 Å². The highest BCUT2D eigenvalue weighted by Gasteiger charge is 2.14. The Morgan fingerprint density at radius 1 is 1.29 bits per heavy atom. The average Bonchev–Trinajstić information content (AvgIpc) is 2.35. The van der Waals surface area contributed by atoms with Gasteiger partial charge in [0.2, 0.25) is 0 Å². The molecular weight excluding hydrogens is 232 g/mol. The predicted octanol–water partition coefficient (Wildman–Crippen LogP) is 3.32. The molecule has 0 bridgehead atoms. The summed E-state index contributed by atoms with van der Waals surface area (Å²) in [6, 6.07) is 8.39. The monoisotopic (exact) mass is 254 g/mol. The maximum Gasteiger partial charge on any atom is 0.0453 e. The van der Waals surface area contributed by atoms with Gasteiger partial charge in [0.1, 0.15) is 0 Å². The summed E-state index contributed by atoms with van der Waals surface area (Å²) in [4.78, 5) is 2.33. The number of hydrogen-bond acceptors (Lipinski definition) is 2. The fraction of sp³-hybridized carbons (Fsp3) is 0.571. The predicted molar refractivity (Wildman–Crippen MR) is 75.3 cm³/mol. The van der Waals surface area contributed by atoms with Gasteiger partial charge in [0.25, 0.3) is 0 Å². The molecular formula is C14H23ClN2. The second-order valence-electron chi connectivity index (χ2n) is 4.81. The highest BCUT2D eigenvalue weighted by atomic mass is 35.5. The topological polar surface area (TPSA) is 29.3 Å². The summed E-state index contributed by atoms with van der Waals surface area (Å²) in [6.07, 6.45) is 1.13. The van der Waals surface area contributed by atoms with Gasteiger partial charge in [-0.15, -0.1) is 0 Å². The van der Waals surface area contributed by atoms with Crippen LogP contribution in [0.15, 0.2) is 24.3 Å². The largest absolute Gasteiger partial charge is 0.330 e. The van der Waals surface area contributed by atoms with E-state index in [2.05, 4.69) is 31.9 Å². The lowest BCUT2D eigenvalue weighted by Crippen LogP contribution is -2.26. The molecule has 1 rings (SSSR count). The molecule has 0 aromatic heterocycles. The van der Waals surface area contributed by atoms with E-state index in [9.17, 15) is 0 Å². The molecule has 1 aromatic rings. The van der Waals surface area contributed by atoms with Gasteiger partial charge >= 0.3 is 0 Å². The van der Waals surface area contributed by atoms with E-state index < -0.39 is 0 Å². The van der Waals surface area contributed by atoms with Gasteiger partial charge in [-0.3, -0.25) is 4.90 Å². The second kappa shape index (κ2) is 7.00.